The van der Waals surface area contributed by atoms with Crippen molar-refractivity contribution in [2.24, 2.45) is 0 Å². The number of rotatable bonds is 6. The van der Waals surface area contributed by atoms with E-state index in [0.29, 0.717) is 18.7 Å². The van der Waals surface area contributed by atoms with Crippen molar-refractivity contribution in [3.8, 4) is 5.69 Å². The second kappa shape index (κ2) is 8.99. The standard InChI is InChI=1S/C22H23FN4O3S/c23-18-9-3-4-10-20(18)27-15-12-19(25-27)22(28)24-16-17-8-2-5-11-21(17)31(29,30)26-13-6-1-7-14-26/h2-5,8-12,15H,1,6-7,13-14,16H2,(H,24,28). The third-order valence-corrected chi connectivity index (χ3v) is 7.26. The number of para-hydroxylation sites is 1. The molecule has 9 heteroatoms. The molecule has 4 rings (SSSR count). The zero-order valence-corrected chi connectivity index (χ0v) is 17.7. The summed E-state index contributed by atoms with van der Waals surface area (Å²) in [5.74, 6) is -0.922. The van der Waals surface area contributed by atoms with Crippen LogP contribution in [0.1, 0.15) is 35.3 Å². The Morgan fingerprint density at radius 1 is 1.00 bits per heavy atom. The SMILES string of the molecule is O=C(NCc1ccccc1S(=O)(=O)N1CCCCC1)c1ccn(-c2ccccc2F)n1. The Balaban J connectivity index is 1.49. The zero-order valence-electron chi connectivity index (χ0n) is 16.9. The first-order chi connectivity index (χ1) is 15.0. The monoisotopic (exact) mass is 442 g/mol. The summed E-state index contributed by atoms with van der Waals surface area (Å²) in [5.41, 5.74) is 0.856. The lowest BCUT2D eigenvalue weighted by Crippen LogP contribution is -2.36. The maximum atomic E-state index is 13.9. The number of halogens is 1. The van der Waals surface area contributed by atoms with Crippen LogP contribution in [0.15, 0.2) is 65.7 Å². The summed E-state index contributed by atoms with van der Waals surface area (Å²) in [6.45, 7) is 1.06. The highest BCUT2D eigenvalue weighted by molar-refractivity contribution is 7.89. The van der Waals surface area contributed by atoms with Crippen LogP contribution in [0.5, 0.6) is 0 Å². The molecule has 7 nitrogen and oxygen atoms in total. The van der Waals surface area contributed by atoms with Gasteiger partial charge in [0.15, 0.2) is 5.69 Å². The molecule has 0 saturated carbocycles. The Hall–Kier alpha value is -3.04. The number of hydrogen-bond acceptors (Lipinski definition) is 4. The largest absolute Gasteiger partial charge is 0.347 e. The van der Waals surface area contributed by atoms with Gasteiger partial charge in [-0.2, -0.15) is 9.40 Å². The summed E-state index contributed by atoms with van der Waals surface area (Å²) in [7, 11) is -3.62. The molecule has 162 valence electrons. The third-order valence-electron chi connectivity index (χ3n) is 5.27. The van der Waals surface area contributed by atoms with Crippen molar-refractivity contribution >= 4 is 15.9 Å². The van der Waals surface area contributed by atoms with E-state index in [1.54, 1.807) is 42.5 Å². The van der Waals surface area contributed by atoms with Gasteiger partial charge in [-0.05, 0) is 42.7 Å². The van der Waals surface area contributed by atoms with Crippen LogP contribution in [-0.4, -0.2) is 41.5 Å². The van der Waals surface area contributed by atoms with E-state index < -0.39 is 21.7 Å². The molecule has 3 aromatic rings. The molecule has 0 spiro atoms. The van der Waals surface area contributed by atoms with Crippen molar-refractivity contribution in [2.75, 3.05) is 13.1 Å². The topological polar surface area (TPSA) is 84.3 Å². The summed E-state index contributed by atoms with van der Waals surface area (Å²) in [6, 6.07) is 14.3. The molecule has 0 aliphatic carbocycles. The van der Waals surface area contributed by atoms with E-state index in [9.17, 15) is 17.6 Å². The average Bonchev–Trinajstić information content (AvgIpc) is 3.29. The number of piperidine rings is 1. The number of sulfonamides is 1. The maximum absolute atomic E-state index is 13.9. The summed E-state index contributed by atoms with van der Waals surface area (Å²) < 4.78 is 42.9. The van der Waals surface area contributed by atoms with E-state index in [0.717, 1.165) is 19.3 Å². The molecule has 2 aromatic carbocycles. The Labute approximate surface area is 180 Å². The average molecular weight is 443 g/mol. The maximum Gasteiger partial charge on any atom is 0.272 e. The molecule has 1 aliphatic rings. The van der Waals surface area contributed by atoms with E-state index in [4.69, 9.17) is 0 Å². The molecule has 0 bridgehead atoms. The number of amides is 1. The van der Waals surface area contributed by atoms with Crippen molar-refractivity contribution < 1.29 is 17.6 Å². The minimum absolute atomic E-state index is 0.0363. The van der Waals surface area contributed by atoms with Gasteiger partial charge >= 0.3 is 0 Å². The third kappa shape index (κ3) is 4.52. The molecule has 1 fully saturated rings. The molecule has 1 saturated heterocycles. The van der Waals surface area contributed by atoms with Crippen LogP contribution >= 0.6 is 0 Å². The van der Waals surface area contributed by atoms with E-state index >= 15 is 0 Å². The van der Waals surface area contributed by atoms with Crippen LogP contribution in [0, 0.1) is 5.82 Å². The molecule has 1 N–H and O–H groups in total. The molecule has 2 heterocycles. The van der Waals surface area contributed by atoms with Gasteiger partial charge in [0.1, 0.15) is 11.5 Å². The molecule has 0 atom stereocenters. The van der Waals surface area contributed by atoms with Gasteiger partial charge in [0.2, 0.25) is 10.0 Å². The van der Waals surface area contributed by atoms with Gasteiger partial charge < -0.3 is 5.32 Å². The number of carbonyl (C=O) groups is 1. The van der Waals surface area contributed by atoms with Gasteiger partial charge in [-0.25, -0.2) is 17.5 Å². The van der Waals surface area contributed by atoms with Crippen LogP contribution in [-0.2, 0) is 16.6 Å². The number of nitrogens with one attached hydrogen (secondary N) is 1. The predicted molar refractivity (Wildman–Crippen MR) is 114 cm³/mol. The minimum Gasteiger partial charge on any atom is -0.347 e. The predicted octanol–water partition coefficient (Wildman–Crippen LogP) is 3.12. The second-order valence-electron chi connectivity index (χ2n) is 7.35. The van der Waals surface area contributed by atoms with Gasteiger partial charge in [0.25, 0.3) is 5.91 Å². The number of hydrogen-bond donors (Lipinski definition) is 1. The van der Waals surface area contributed by atoms with Crippen molar-refractivity contribution in [1.82, 2.24) is 19.4 Å². The van der Waals surface area contributed by atoms with Gasteiger partial charge in [-0.3, -0.25) is 4.79 Å². The lowest BCUT2D eigenvalue weighted by molar-refractivity contribution is 0.0945. The van der Waals surface area contributed by atoms with E-state index in [1.807, 2.05) is 0 Å². The Morgan fingerprint density at radius 2 is 1.71 bits per heavy atom. The van der Waals surface area contributed by atoms with Crippen molar-refractivity contribution in [2.45, 2.75) is 30.7 Å². The minimum atomic E-state index is -3.62. The van der Waals surface area contributed by atoms with Crippen molar-refractivity contribution in [3.63, 3.8) is 0 Å². The number of benzene rings is 2. The highest BCUT2D eigenvalue weighted by Gasteiger charge is 2.28. The molecule has 0 radical (unpaired) electrons. The number of carbonyl (C=O) groups excluding carboxylic acids is 1. The zero-order chi connectivity index (χ0) is 21.8. The van der Waals surface area contributed by atoms with Crippen LogP contribution in [0.25, 0.3) is 5.69 Å². The summed E-state index contributed by atoms with van der Waals surface area (Å²) in [4.78, 5) is 12.8. The highest BCUT2D eigenvalue weighted by atomic mass is 32.2. The van der Waals surface area contributed by atoms with Crippen molar-refractivity contribution in [1.29, 1.82) is 0 Å². The fourth-order valence-electron chi connectivity index (χ4n) is 3.63. The molecular formula is C22H23FN4O3S. The quantitative estimate of drug-likeness (QED) is 0.636. The molecule has 0 unspecified atom stereocenters. The lowest BCUT2D eigenvalue weighted by Gasteiger charge is -2.26. The van der Waals surface area contributed by atoms with Gasteiger partial charge in [-0.1, -0.05) is 36.8 Å². The van der Waals surface area contributed by atoms with E-state index in [1.165, 1.54) is 27.3 Å². The molecule has 1 amide bonds. The summed E-state index contributed by atoms with van der Waals surface area (Å²) >= 11 is 0. The smallest absolute Gasteiger partial charge is 0.272 e. The first-order valence-electron chi connectivity index (χ1n) is 10.1. The first-order valence-corrected chi connectivity index (χ1v) is 11.6. The van der Waals surface area contributed by atoms with Crippen LogP contribution < -0.4 is 5.32 Å². The summed E-state index contributed by atoms with van der Waals surface area (Å²) in [5, 5.41) is 6.85. The van der Waals surface area contributed by atoms with Crippen LogP contribution in [0.2, 0.25) is 0 Å². The second-order valence-corrected chi connectivity index (χ2v) is 9.26. The number of nitrogens with zero attached hydrogens (tertiary/aromatic N) is 3. The van der Waals surface area contributed by atoms with E-state index in [-0.39, 0.29) is 22.8 Å². The van der Waals surface area contributed by atoms with Gasteiger partial charge in [0.05, 0.1) is 4.90 Å². The summed E-state index contributed by atoms with van der Waals surface area (Å²) in [6.07, 6.45) is 4.23. The highest BCUT2D eigenvalue weighted by Crippen LogP contribution is 2.23. The first kappa shape index (κ1) is 21.2. The fraction of sp³-hybridized carbons (Fsp3) is 0.273. The van der Waals surface area contributed by atoms with E-state index in [2.05, 4.69) is 10.4 Å². The molecule has 1 aromatic heterocycles. The van der Waals surface area contributed by atoms with Crippen molar-refractivity contribution in [3.05, 3.63) is 77.9 Å². The molecule has 1 aliphatic heterocycles. The Morgan fingerprint density at radius 3 is 2.48 bits per heavy atom. The van der Waals surface area contributed by atoms with Crippen LogP contribution in [0.4, 0.5) is 4.39 Å². The number of aromatic nitrogens is 2. The fourth-order valence-corrected chi connectivity index (χ4v) is 5.37. The Bertz CT molecular complexity index is 1190. The molecule has 31 heavy (non-hydrogen) atoms. The normalized spacial score (nSPS) is 15.0. The molecular weight excluding hydrogens is 419 g/mol. The van der Waals surface area contributed by atoms with Crippen LogP contribution in [0.3, 0.4) is 0 Å². The van der Waals surface area contributed by atoms with Gasteiger partial charge in [-0.15, -0.1) is 0 Å². The lowest BCUT2D eigenvalue weighted by atomic mass is 10.2. The Kier molecular flexibility index (Phi) is 6.15. The van der Waals surface area contributed by atoms with Gasteiger partial charge in [0, 0.05) is 25.8 Å².